The number of carbonyl (C=O) groups excluding carboxylic acids is 1. The van der Waals surface area contributed by atoms with Gasteiger partial charge in [-0.15, -0.1) is 0 Å². The Kier molecular flexibility index (Phi) is 5.38. The maximum atomic E-state index is 12.7. The molecule has 0 spiro atoms. The van der Waals surface area contributed by atoms with Gasteiger partial charge < -0.3 is 19.5 Å². The van der Waals surface area contributed by atoms with Crippen LogP contribution in [0.5, 0.6) is 5.75 Å². The molecule has 7 heteroatoms. The Morgan fingerprint density at radius 1 is 1.26 bits per heavy atom. The Morgan fingerprint density at radius 2 is 2.07 bits per heavy atom. The molecule has 1 amide bonds. The van der Waals surface area contributed by atoms with E-state index in [4.69, 9.17) is 9.26 Å². The van der Waals surface area contributed by atoms with Gasteiger partial charge in [0.15, 0.2) is 0 Å². The van der Waals surface area contributed by atoms with E-state index in [1.165, 1.54) is 0 Å². The van der Waals surface area contributed by atoms with Crippen molar-refractivity contribution in [3.05, 3.63) is 30.2 Å². The second-order valence-corrected chi connectivity index (χ2v) is 7.27. The summed E-state index contributed by atoms with van der Waals surface area (Å²) in [5, 5.41) is 7.48. The summed E-state index contributed by atoms with van der Waals surface area (Å²) >= 11 is 0. The fourth-order valence-corrected chi connectivity index (χ4v) is 4.12. The standard InChI is InChI=1S/C20H26N4O3/c1-26-17-9-5-14(6-10-17)20-22-18(27-23-20)3-2-4-19(25)24-15-7-8-16(24)13-21-12-11-15/h5-6,9-10,15-16,21H,2-4,7-8,11-13H2,1H3. The van der Waals surface area contributed by atoms with Crippen molar-refractivity contribution in [2.24, 2.45) is 0 Å². The van der Waals surface area contributed by atoms with Crippen LogP contribution in [0.4, 0.5) is 0 Å². The van der Waals surface area contributed by atoms with Gasteiger partial charge >= 0.3 is 0 Å². The molecule has 7 nitrogen and oxygen atoms in total. The van der Waals surface area contributed by atoms with Gasteiger partial charge in [0.2, 0.25) is 17.6 Å². The fourth-order valence-electron chi connectivity index (χ4n) is 4.12. The zero-order valence-corrected chi connectivity index (χ0v) is 15.7. The lowest BCUT2D eigenvalue weighted by Crippen LogP contribution is -2.42. The summed E-state index contributed by atoms with van der Waals surface area (Å²) in [6.45, 7) is 1.94. The number of fused-ring (bicyclic) bond motifs is 2. The summed E-state index contributed by atoms with van der Waals surface area (Å²) in [6.07, 6.45) is 5.22. The van der Waals surface area contributed by atoms with E-state index in [0.29, 0.717) is 36.6 Å². The van der Waals surface area contributed by atoms with Crippen molar-refractivity contribution in [3.8, 4) is 17.1 Å². The van der Waals surface area contributed by atoms with Crippen LogP contribution in [0, 0.1) is 0 Å². The van der Waals surface area contributed by atoms with Gasteiger partial charge in [-0.05, 0) is 56.5 Å². The molecule has 2 fully saturated rings. The number of aromatic nitrogens is 2. The van der Waals surface area contributed by atoms with Gasteiger partial charge in [0.1, 0.15) is 5.75 Å². The van der Waals surface area contributed by atoms with E-state index in [9.17, 15) is 4.79 Å². The van der Waals surface area contributed by atoms with Crippen molar-refractivity contribution in [2.45, 2.75) is 50.6 Å². The highest BCUT2D eigenvalue weighted by Gasteiger charge is 2.37. The summed E-state index contributed by atoms with van der Waals surface area (Å²) in [4.78, 5) is 19.3. The molecule has 144 valence electrons. The van der Waals surface area contributed by atoms with E-state index in [-0.39, 0.29) is 5.91 Å². The summed E-state index contributed by atoms with van der Waals surface area (Å²) in [5.74, 6) is 2.20. The van der Waals surface area contributed by atoms with E-state index in [1.807, 2.05) is 24.3 Å². The third-order valence-corrected chi connectivity index (χ3v) is 5.54. The van der Waals surface area contributed by atoms with Crippen LogP contribution < -0.4 is 10.1 Å². The molecule has 2 atom stereocenters. The number of hydrogen-bond donors (Lipinski definition) is 1. The van der Waals surface area contributed by atoms with Crippen molar-refractivity contribution in [3.63, 3.8) is 0 Å². The van der Waals surface area contributed by atoms with Gasteiger partial charge in [-0.25, -0.2) is 0 Å². The van der Waals surface area contributed by atoms with Crippen LogP contribution in [0.1, 0.15) is 38.0 Å². The number of ether oxygens (including phenoxy) is 1. The normalized spacial score (nSPS) is 21.9. The Morgan fingerprint density at radius 3 is 2.89 bits per heavy atom. The minimum absolute atomic E-state index is 0.265. The lowest BCUT2D eigenvalue weighted by atomic mass is 10.1. The van der Waals surface area contributed by atoms with Crippen LogP contribution in [0.3, 0.4) is 0 Å². The average molecular weight is 370 g/mol. The largest absolute Gasteiger partial charge is 0.497 e. The van der Waals surface area contributed by atoms with Crippen LogP contribution in [-0.4, -0.2) is 53.2 Å². The Balaban J connectivity index is 1.30. The van der Waals surface area contributed by atoms with Gasteiger partial charge in [-0.3, -0.25) is 4.79 Å². The highest BCUT2D eigenvalue weighted by molar-refractivity contribution is 5.77. The number of nitrogens with one attached hydrogen (secondary N) is 1. The van der Waals surface area contributed by atoms with Gasteiger partial charge in [0.25, 0.3) is 0 Å². The molecule has 2 aromatic rings. The summed E-state index contributed by atoms with van der Waals surface area (Å²) in [7, 11) is 1.64. The van der Waals surface area contributed by atoms with E-state index in [2.05, 4.69) is 20.4 Å². The highest BCUT2D eigenvalue weighted by Crippen LogP contribution is 2.29. The fraction of sp³-hybridized carbons (Fsp3) is 0.550. The number of rotatable bonds is 6. The van der Waals surface area contributed by atoms with E-state index in [1.54, 1.807) is 7.11 Å². The van der Waals surface area contributed by atoms with Gasteiger partial charge in [0.05, 0.1) is 7.11 Å². The predicted octanol–water partition coefficient (Wildman–Crippen LogP) is 2.42. The number of carbonyl (C=O) groups is 1. The number of hydrogen-bond acceptors (Lipinski definition) is 6. The Bertz CT molecular complexity index is 760. The topological polar surface area (TPSA) is 80.5 Å². The molecule has 2 aliphatic rings. The second-order valence-electron chi connectivity index (χ2n) is 7.27. The van der Waals surface area contributed by atoms with Crippen LogP contribution in [0.25, 0.3) is 11.4 Å². The zero-order valence-electron chi connectivity index (χ0n) is 15.7. The molecular formula is C20H26N4O3. The summed E-state index contributed by atoms with van der Waals surface area (Å²) in [5.41, 5.74) is 0.885. The first-order valence-electron chi connectivity index (χ1n) is 9.73. The monoisotopic (exact) mass is 370 g/mol. The second kappa shape index (κ2) is 8.08. The molecule has 1 aromatic carbocycles. The van der Waals surface area contributed by atoms with Crippen molar-refractivity contribution in [2.75, 3.05) is 20.2 Å². The molecule has 2 aliphatic heterocycles. The number of methoxy groups -OCH3 is 1. The number of amides is 1. The Hall–Kier alpha value is -2.41. The van der Waals surface area contributed by atoms with Crippen molar-refractivity contribution in [1.82, 2.24) is 20.4 Å². The molecule has 2 saturated heterocycles. The first-order chi connectivity index (χ1) is 13.2. The van der Waals surface area contributed by atoms with Crippen LogP contribution in [-0.2, 0) is 11.2 Å². The maximum absolute atomic E-state index is 12.7. The summed E-state index contributed by atoms with van der Waals surface area (Å²) < 4.78 is 10.5. The van der Waals surface area contributed by atoms with Gasteiger partial charge in [-0.1, -0.05) is 5.16 Å². The molecular weight excluding hydrogens is 344 g/mol. The zero-order chi connectivity index (χ0) is 18.6. The molecule has 1 N–H and O–H groups in total. The van der Waals surface area contributed by atoms with E-state index >= 15 is 0 Å². The van der Waals surface area contributed by atoms with Crippen molar-refractivity contribution >= 4 is 5.91 Å². The third kappa shape index (κ3) is 3.98. The lowest BCUT2D eigenvalue weighted by molar-refractivity contribution is -0.133. The van der Waals surface area contributed by atoms with Crippen molar-refractivity contribution in [1.29, 1.82) is 0 Å². The SMILES string of the molecule is COc1ccc(-c2noc(CCCC(=O)N3C4CCNCC3CC4)n2)cc1. The van der Waals surface area contributed by atoms with Crippen molar-refractivity contribution < 1.29 is 14.1 Å². The minimum atomic E-state index is 0.265. The van der Waals surface area contributed by atoms with Gasteiger partial charge in [-0.2, -0.15) is 4.98 Å². The average Bonchev–Trinajstić information content (AvgIpc) is 3.25. The van der Waals surface area contributed by atoms with E-state index in [0.717, 1.165) is 50.1 Å². The molecule has 27 heavy (non-hydrogen) atoms. The number of nitrogens with zero attached hydrogens (tertiary/aromatic N) is 3. The van der Waals surface area contributed by atoms with Crippen LogP contribution in [0.15, 0.2) is 28.8 Å². The Labute approximate surface area is 159 Å². The maximum Gasteiger partial charge on any atom is 0.226 e. The lowest BCUT2D eigenvalue weighted by Gasteiger charge is -2.27. The summed E-state index contributed by atoms with van der Waals surface area (Å²) in [6, 6.07) is 8.33. The molecule has 0 aliphatic carbocycles. The minimum Gasteiger partial charge on any atom is -0.497 e. The molecule has 2 unspecified atom stereocenters. The van der Waals surface area contributed by atoms with E-state index < -0.39 is 0 Å². The molecule has 3 heterocycles. The molecule has 0 radical (unpaired) electrons. The molecule has 2 bridgehead atoms. The molecule has 1 aromatic heterocycles. The first kappa shape index (κ1) is 18.0. The van der Waals surface area contributed by atoms with Crippen LogP contribution in [0.2, 0.25) is 0 Å². The molecule has 4 rings (SSSR count). The smallest absolute Gasteiger partial charge is 0.226 e. The number of aryl methyl sites for hydroxylation is 1. The third-order valence-electron chi connectivity index (χ3n) is 5.54. The van der Waals surface area contributed by atoms with Gasteiger partial charge in [0, 0.05) is 37.0 Å². The predicted molar refractivity (Wildman–Crippen MR) is 100 cm³/mol. The molecule has 0 saturated carbocycles. The van der Waals surface area contributed by atoms with Crippen LogP contribution >= 0.6 is 0 Å². The highest BCUT2D eigenvalue weighted by atomic mass is 16.5. The quantitative estimate of drug-likeness (QED) is 0.841. The number of benzene rings is 1. The first-order valence-corrected chi connectivity index (χ1v) is 9.73.